The zero-order valence-electron chi connectivity index (χ0n) is 16.1. The van der Waals surface area contributed by atoms with E-state index >= 15 is 0 Å². The third kappa shape index (κ3) is 3.60. The molecule has 4 rings (SSSR count). The summed E-state index contributed by atoms with van der Waals surface area (Å²) in [6.07, 6.45) is 1.64. The molecule has 0 aliphatic carbocycles. The summed E-state index contributed by atoms with van der Waals surface area (Å²) in [6, 6.07) is 21.3. The number of hydrogen-bond acceptors (Lipinski definition) is 4. The SMILES string of the molecule is CN(C)c1ccc(C#Cc2cc3ncccc3n2S(=O)(=O)c2ccccc2)cc1. The smallest absolute Gasteiger partial charge is 0.269 e. The Morgan fingerprint density at radius 3 is 2.31 bits per heavy atom. The zero-order chi connectivity index (χ0) is 20.4. The summed E-state index contributed by atoms with van der Waals surface area (Å²) in [5.41, 5.74) is 3.33. The molecule has 0 aliphatic rings. The molecule has 6 heteroatoms. The third-order valence-electron chi connectivity index (χ3n) is 4.53. The highest BCUT2D eigenvalue weighted by Crippen LogP contribution is 2.24. The number of benzene rings is 2. The van der Waals surface area contributed by atoms with E-state index in [0.717, 1.165) is 11.3 Å². The van der Waals surface area contributed by atoms with Crippen molar-refractivity contribution in [3.63, 3.8) is 0 Å². The highest BCUT2D eigenvalue weighted by molar-refractivity contribution is 7.90. The minimum atomic E-state index is -3.81. The Labute approximate surface area is 170 Å². The van der Waals surface area contributed by atoms with Crippen molar-refractivity contribution in [1.29, 1.82) is 0 Å². The van der Waals surface area contributed by atoms with Crippen LogP contribution in [0.15, 0.2) is 83.9 Å². The topological polar surface area (TPSA) is 55.2 Å². The van der Waals surface area contributed by atoms with E-state index in [1.54, 1.807) is 54.7 Å². The van der Waals surface area contributed by atoms with Crippen LogP contribution in [0.3, 0.4) is 0 Å². The van der Waals surface area contributed by atoms with Crippen LogP contribution in [-0.4, -0.2) is 31.5 Å². The van der Waals surface area contributed by atoms with Gasteiger partial charge in [0.15, 0.2) is 0 Å². The minimum Gasteiger partial charge on any atom is -0.378 e. The van der Waals surface area contributed by atoms with Gasteiger partial charge in [0.25, 0.3) is 10.0 Å². The molecule has 0 bridgehead atoms. The molecule has 0 amide bonds. The van der Waals surface area contributed by atoms with Crippen molar-refractivity contribution in [3.05, 3.63) is 90.3 Å². The van der Waals surface area contributed by atoms with Crippen molar-refractivity contribution in [1.82, 2.24) is 8.96 Å². The molecule has 0 fully saturated rings. The zero-order valence-corrected chi connectivity index (χ0v) is 16.9. The standard InChI is InChI=1S/C23H19N3O2S/c1-25(2)19-13-10-18(11-14-19)12-15-20-17-22-23(9-6-16-24-22)26(20)29(27,28)21-7-4-3-5-8-21/h3-11,13-14,16-17H,1-2H3. The van der Waals surface area contributed by atoms with Gasteiger partial charge in [0, 0.05) is 31.5 Å². The summed E-state index contributed by atoms with van der Waals surface area (Å²) in [4.78, 5) is 6.51. The first-order valence-electron chi connectivity index (χ1n) is 9.03. The maximum Gasteiger partial charge on any atom is 0.269 e. The summed E-state index contributed by atoms with van der Waals surface area (Å²) in [5.74, 6) is 6.09. The van der Waals surface area contributed by atoms with Gasteiger partial charge < -0.3 is 4.90 Å². The summed E-state index contributed by atoms with van der Waals surface area (Å²) in [5, 5.41) is 0. The van der Waals surface area contributed by atoms with Crippen LogP contribution in [0.2, 0.25) is 0 Å². The predicted octanol–water partition coefficient (Wildman–Crippen LogP) is 3.74. The summed E-state index contributed by atoms with van der Waals surface area (Å²) in [7, 11) is 0.138. The normalized spacial score (nSPS) is 11.1. The molecule has 0 atom stereocenters. The molecular weight excluding hydrogens is 382 g/mol. The quantitative estimate of drug-likeness (QED) is 0.491. The summed E-state index contributed by atoms with van der Waals surface area (Å²) >= 11 is 0. The molecule has 0 radical (unpaired) electrons. The maximum atomic E-state index is 13.3. The van der Waals surface area contributed by atoms with Gasteiger partial charge >= 0.3 is 0 Å². The lowest BCUT2D eigenvalue weighted by molar-refractivity contribution is 0.588. The van der Waals surface area contributed by atoms with Crippen LogP contribution in [0.4, 0.5) is 5.69 Å². The van der Waals surface area contributed by atoms with Crippen LogP contribution in [0.5, 0.6) is 0 Å². The Hall–Kier alpha value is -3.56. The molecule has 0 saturated heterocycles. The number of hydrogen-bond donors (Lipinski definition) is 0. The molecule has 4 aromatic rings. The van der Waals surface area contributed by atoms with E-state index in [-0.39, 0.29) is 4.90 Å². The lowest BCUT2D eigenvalue weighted by atomic mass is 10.2. The van der Waals surface area contributed by atoms with Crippen molar-refractivity contribution in [3.8, 4) is 11.8 Å². The van der Waals surface area contributed by atoms with Crippen molar-refractivity contribution in [2.24, 2.45) is 0 Å². The van der Waals surface area contributed by atoms with Gasteiger partial charge in [-0.05, 0) is 60.5 Å². The van der Waals surface area contributed by atoms with Gasteiger partial charge in [-0.1, -0.05) is 24.1 Å². The van der Waals surface area contributed by atoms with E-state index in [0.29, 0.717) is 16.7 Å². The lowest BCUT2D eigenvalue weighted by Crippen LogP contribution is -2.14. The molecule has 2 aromatic heterocycles. The Kier molecular flexibility index (Phi) is 4.83. The Morgan fingerprint density at radius 1 is 0.897 bits per heavy atom. The number of anilines is 1. The Morgan fingerprint density at radius 2 is 1.62 bits per heavy atom. The average Bonchev–Trinajstić information content (AvgIpc) is 3.12. The van der Waals surface area contributed by atoms with Crippen LogP contribution in [-0.2, 0) is 10.0 Å². The van der Waals surface area contributed by atoms with Gasteiger partial charge in [-0.15, -0.1) is 0 Å². The van der Waals surface area contributed by atoms with E-state index in [2.05, 4.69) is 16.8 Å². The van der Waals surface area contributed by atoms with Gasteiger partial charge in [-0.25, -0.2) is 12.4 Å². The Balaban J connectivity index is 1.85. The second kappa shape index (κ2) is 7.46. The maximum absolute atomic E-state index is 13.3. The van der Waals surface area contributed by atoms with Crippen molar-refractivity contribution in [2.75, 3.05) is 19.0 Å². The molecule has 29 heavy (non-hydrogen) atoms. The average molecular weight is 401 g/mol. The second-order valence-electron chi connectivity index (χ2n) is 6.71. The fraction of sp³-hybridized carbons (Fsp3) is 0.0870. The molecule has 0 aliphatic heterocycles. The number of nitrogens with zero attached hydrogens (tertiary/aromatic N) is 3. The molecule has 0 N–H and O–H groups in total. The van der Waals surface area contributed by atoms with Crippen LogP contribution >= 0.6 is 0 Å². The number of fused-ring (bicyclic) bond motifs is 1. The van der Waals surface area contributed by atoms with E-state index in [1.165, 1.54) is 3.97 Å². The van der Waals surface area contributed by atoms with Crippen molar-refractivity contribution < 1.29 is 8.42 Å². The van der Waals surface area contributed by atoms with Gasteiger partial charge in [0.1, 0.15) is 5.69 Å². The third-order valence-corrected chi connectivity index (χ3v) is 6.27. The number of rotatable bonds is 3. The molecule has 5 nitrogen and oxygen atoms in total. The van der Waals surface area contributed by atoms with Crippen molar-refractivity contribution >= 4 is 26.7 Å². The monoisotopic (exact) mass is 401 g/mol. The van der Waals surface area contributed by atoms with E-state index in [1.807, 2.05) is 43.3 Å². The lowest BCUT2D eigenvalue weighted by Gasteiger charge is -2.11. The minimum absolute atomic E-state index is 0.208. The molecule has 0 unspecified atom stereocenters. The van der Waals surface area contributed by atoms with Gasteiger partial charge in [-0.2, -0.15) is 0 Å². The highest BCUT2D eigenvalue weighted by atomic mass is 32.2. The molecule has 0 saturated carbocycles. The summed E-state index contributed by atoms with van der Waals surface area (Å²) in [6.45, 7) is 0. The van der Waals surface area contributed by atoms with Crippen LogP contribution in [0, 0.1) is 11.8 Å². The summed E-state index contributed by atoms with van der Waals surface area (Å²) < 4.78 is 27.9. The van der Waals surface area contributed by atoms with Crippen LogP contribution < -0.4 is 4.90 Å². The largest absolute Gasteiger partial charge is 0.378 e. The fourth-order valence-electron chi connectivity index (χ4n) is 3.03. The number of aromatic nitrogens is 2. The molecule has 2 aromatic carbocycles. The molecule has 144 valence electrons. The van der Waals surface area contributed by atoms with Crippen LogP contribution in [0.25, 0.3) is 11.0 Å². The number of pyridine rings is 1. The molecular formula is C23H19N3O2S. The predicted molar refractivity (Wildman–Crippen MR) is 116 cm³/mol. The first-order chi connectivity index (χ1) is 14.0. The van der Waals surface area contributed by atoms with E-state index < -0.39 is 10.0 Å². The molecule has 2 heterocycles. The van der Waals surface area contributed by atoms with Gasteiger partial charge in [0.2, 0.25) is 0 Å². The molecule has 0 spiro atoms. The van der Waals surface area contributed by atoms with Crippen LogP contribution in [0.1, 0.15) is 11.3 Å². The van der Waals surface area contributed by atoms with Gasteiger partial charge in [-0.3, -0.25) is 4.98 Å². The highest BCUT2D eigenvalue weighted by Gasteiger charge is 2.22. The van der Waals surface area contributed by atoms with Gasteiger partial charge in [0.05, 0.1) is 15.9 Å². The van der Waals surface area contributed by atoms with Crippen molar-refractivity contribution in [2.45, 2.75) is 4.90 Å². The Bertz CT molecular complexity index is 1330. The first-order valence-corrected chi connectivity index (χ1v) is 10.5. The van der Waals surface area contributed by atoms with E-state index in [4.69, 9.17) is 0 Å². The van der Waals surface area contributed by atoms with E-state index in [9.17, 15) is 8.42 Å². The first kappa shape index (κ1) is 18.8. The second-order valence-corrected chi connectivity index (χ2v) is 8.50. The fourth-order valence-corrected chi connectivity index (χ4v) is 4.52.